The fraction of sp³-hybridized carbons (Fsp3) is 0.0339. The number of benzene rings is 9. The molecule has 2 aromatic heterocycles. The van der Waals surface area contributed by atoms with Gasteiger partial charge in [0.05, 0.1) is 5.41 Å². The summed E-state index contributed by atoms with van der Waals surface area (Å²) in [5.41, 5.74) is 21.2. The molecule has 3 aliphatic rings. The molecule has 4 nitrogen and oxygen atoms in total. The van der Waals surface area contributed by atoms with Crippen molar-refractivity contribution in [3.63, 3.8) is 0 Å². The van der Waals surface area contributed by atoms with E-state index >= 15 is 0 Å². The monoisotopic (exact) mass is 801 g/mol. The van der Waals surface area contributed by atoms with Gasteiger partial charge in [0.15, 0.2) is 17.5 Å². The second-order valence-corrected chi connectivity index (χ2v) is 17.0. The Labute approximate surface area is 363 Å². The summed E-state index contributed by atoms with van der Waals surface area (Å²) in [4.78, 5) is 15.5. The fourth-order valence-corrected chi connectivity index (χ4v) is 11.2. The zero-order valence-corrected chi connectivity index (χ0v) is 34.0. The topological polar surface area (TPSA) is 51.8 Å². The van der Waals surface area contributed by atoms with Crippen molar-refractivity contribution in [3.05, 3.63) is 245 Å². The first-order valence-corrected chi connectivity index (χ1v) is 21.6. The van der Waals surface area contributed by atoms with Gasteiger partial charge in [-0.1, -0.05) is 164 Å². The van der Waals surface area contributed by atoms with E-state index in [1.54, 1.807) is 0 Å². The van der Waals surface area contributed by atoms with Crippen LogP contribution in [-0.4, -0.2) is 15.0 Å². The number of rotatable bonds is 4. The van der Waals surface area contributed by atoms with E-state index in [2.05, 4.69) is 158 Å². The second kappa shape index (κ2) is 12.9. The normalized spacial score (nSPS) is 14.6. The third kappa shape index (κ3) is 4.78. The van der Waals surface area contributed by atoms with E-state index in [0.717, 1.165) is 38.6 Å². The number of para-hydroxylation sites is 1. The number of aromatic nitrogens is 3. The van der Waals surface area contributed by atoms with Gasteiger partial charge in [0.1, 0.15) is 11.2 Å². The van der Waals surface area contributed by atoms with Gasteiger partial charge in [0.2, 0.25) is 0 Å². The van der Waals surface area contributed by atoms with Crippen LogP contribution in [0.5, 0.6) is 0 Å². The predicted octanol–water partition coefficient (Wildman–Crippen LogP) is 14.3. The molecule has 0 saturated heterocycles. The Morgan fingerprint density at radius 2 is 0.889 bits per heavy atom. The smallest absolute Gasteiger partial charge is 0.164 e. The number of nitrogens with zero attached hydrogens (tertiary/aromatic N) is 3. The van der Waals surface area contributed by atoms with E-state index in [4.69, 9.17) is 19.4 Å². The maximum absolute atomic E-state index is 6.18. The third-order valence-electron chi connectivity index (χ3n) is 13.8. The van der Waals surface area contributed by atoms with Crippen molar-refractivity contribution in [3.8, 4) is 67.5 Å². The van der Waals surface area contributed by atoms with Gasteiger partial charge in [0.25, 0.3) is 0 Å². The summed E-state index contributed by atoms with van der Waals surface area (Å²) in [5, 5.41) is 2.10. The quantitative estimate of drug-likeness (QED) is 0.178. The molecule has 1 atom stereocenters. The van der Waals surface area contributed by atoms with Crippen LogP contribution in [0.15, 0.2) is 211 Å². The van der Waals surface area contributed by atoms with E-state index in [0.29, 0.717) is 17.5 Å². The minimum absolute atomic E-state index is 0.0139. The summed E-state index contributed by atoms with van der Waals surface area (Å²) in [6.07, 6.45) is 0. The zero-order valence-electron chi connectivity index (χ0n) is 34.0. The van der Waals surface area contributed by atoms with Crippen LogP contribution in [0.4, 0.5) is 0 Å². The van der Waals surface area contributed by atoms with Crippen LogP contribution in [0.3, 0.4) is 0 Å². The standard InChI is InChI=1S/C59H35N3O/c1-2-15-35(16-3-1)56-60-57(62-58(61-56)38-29-30-54-47(32-38)43-23-9-13-28-53(43)63-54)37-18-14-17-36(31-37)55-44-24-5-4-19-39(44)45-34-52-46(33-48(45)55)42-22-8-12-27-51(42)59(52)49-25-10-6-20-40(49)41-21-7-11-26-50(41)59/h1-34,55H. The summed E-state index contributed by atoms with van der Waals surface area (Å²) in [7, 11) is 0. The molecule has 63 heavy (non-hydrogen) atoms. The van der Waals surface area contributed by atoms with E-state index in [1.165, 1.54) is 72.3 Å². The molecule has 0 radical (unpaired) electrons. The lowest BCUT2D eigenvalue weighted by molar-refractivity contribution is 0.669. The molecule has 0 N–H and O–H groups in total. The molecular formula is C59H35N3O. The van der Waals surface area contributed by atoms with Gasteiger partial charge in [-0.25, -0.2) is 15.0 Å². The van der Waals surface area contributed by atoms with E-state index in [-0.39, 0.29) is 5.92 Å². The first-order valence-electron chi connectivity index (χ1n) is 21.6. The molecule has 0 saturated carbocycles. The van der Waals surface area contributed by atoms with Crippen LogP contribution in [0.1, 0.15) is 44.9 Å². The summed E-state index contributed by atoms with van der Waals surface area (Å²) >= 11 is 0. The number of hydrogen-bond donors (Lipinski definition) is 0. The van der Waals surface area contributed by atoms with Crippen molar-refractivity contribution < 1.29 is 4.42 Å². The van der Waals surface area contributed by atoms with Crippen LogP contribution in [0, 0.1) is 0 Å². The zero-order chi connectivity index (χ0) is 41.2. The van der Waals surface area contributed by atoms with Gasteiger partial charge in [-0.05, 0) is 115 Å². The Morgan fingerprint density at radius 1 is 0.333 bits per heavy atom. The highest BCUT2D eigenvalue weighted by Crippen LogP contribution is 2.64. The van der Waals surface area contributed by atoms with Crippen LogP contribution in [0.2, 0.25) is 0 Å². The van der Waals surface area contributed by atoms with E-state index in [1.807, 2.05) is 48.5 Å². The molecule has 11 aromatic rings. The average Bonchev–Trinajstić information content (AvgIpc) is 4.07. The van der Waals surface area contributed by atoms with Gasteiger partial charge in [-0.15, -0.1) is 0 Å². The lowest BCUT2D eigenvalue weighted by Crippen LogP contribution is -2.25. The Balaban J connectivity index is 0.950. The van der Waals surface area contributed by atoms with Crippen LogP contribution in [-0.2, 0) is 5.41 Å². The van der Waals surface area contributed by atoms with Crippen molar-refractivity contribution in [2.24, 2.45) is 0 Å². The lowest BCUT2D eigenvalue weighted by atomic mass is 9.70. The second-order valence-electron chi connectivity index (χ2n) is 17.0. The van der Waals surface area contributed by atoms with Crippen molar-refractivity contribution in [1.29, 1.82) is 0 Å². The molecule has 2 heterocycles. The van der Waals surface area contributed by atoms with Gasteiger partial charge < -0.3 is 4.42 Å². The van der Waals surface area contributed by atoms with Gasteiger partial charge in [-0.3, -0.25) is 0 Å². The molecule has 1 spiro atoms. The highest BCUT2D eigenvalue weighted by atomic mass is 16.3. The van der Waals surface area contributed by atoms with E-state index in [9.17, 15) is 0 Å². The number of hydrogen-bond acceptors (Lipinski definition) is 4. The third-order valence-corrected chi connectivity index (χ3v) is 13.8. The van der Waals surface area contributed by atoms with Crippen molar-refractivity contribution in [1.82, 2.24) is 15.0 Å². The maximum Gasteiger partial charge on any atom is 0.164 e. The van der Waals surface area contributed by atoms with Crippen molar-refractivity contribution in [2.45, 2.75) is 11.3 Å². The average molecular weight is 802 g/mol. The first-order chi connectivity index (χ1) is 31.2. The minimum atomic E-state index is -0.400. The molecular weight excluding hydrogens is 767 g/mol. The number of fused-ring (bicyclic) bond motifs is 16. The highest BCUT2D eigenvalue weighted by Gasteiger charge is 2.52. The highest BCUT2D eigenvalue weighted by molar-refractivity contribution is 6.06. The van der Waals surface area contributed by atoms with Gasteiger partial charge in [0, 0.05) is 33.4 Å². The van der Waals surface area contributed by atoms with Crippen molar-refractivity contribution in [2.75, 3.05) is 0 Å². The summed E-state index contributed by atoms with van der Waals surface area (Å²) < 4.78 is 6.18. The van der Waals surface area contributed by atoms with Crippen LogP contribution in [0.25, 0.3) is 89.5 Å². The lowest BCUT2D eigenvalue weighted by Gasteiger charge is -2.30. The van der Waals surface area contributed by atoms with E-state index < -0.39 is 5.41 Å². The molecule has 0 fully saturated rings. The van der Waals surface area contributed by atoms with Crippen LogP contribution >= 0.6 is 0 Å². The Hall–Kier alpha value is -8.21. The Bertz CT molecular complexity index is 3670. The molecule has 0 bridgehead atoms. The SMILES string of the molecule is c1ccc(-c2nc(-c3cccc(C4c5ccccc5-c5cc6c(cc54)-c4ccccc4C64c5ccccc5-c5ccccc54)c3)nc(-c3ccc4oc5ccccc5c4c3)n2)cc1. The molecule has 0 aliphatic heterocycles. The van der Waals surface area contributed by atoms with Gasteiger partial charge >= 0.3 is 0 Å². The van der Waals surface area contributed by atoms with Gasteiger partial charge in [-0.2, -0.15) is 0 Å². The molecule has 292 valence electrons. The predicted molar refractivity (Wildman–Crippen MR) is 253 cm³/mol. The number of furan rings is 1. The Kier molecular flexibility index (Phi) is 7.06. The largest absolute Gasteiger partial charge is 0.456 e. The Morgan fingerprint density at radius 3 is 1.62 bits per heavy atom. The minimum Gasteiger partial charge on any atom is -0.456 e. The molecule has 1 unspecified atom stereocenters. The fourth-order valence-electron chi connectivity index (χ4n) is 11.2. The maximum atomic E-state index is 6.18. The molecule has 4 heteroatoms. The first kappa shape index (κ1) is 34.5. The molecule has 0 amide bonds. The van der Waals surface area contributed by atoms with Crippen LogP contribution < -0.4 is 0 Å². The molecule has 14 rings (SSSR count). The molecule has 9 aromatic carbocycles. The summed E-state index contributed by atoms with van der Waals surface area (Å²) in [6, 6.07) is 74.6. The van der Waals surface area contributed by atoms with Crippen molar-refractivity contribution >= 4 is 21.9 Å². The summed E-state index contributed by atoms with van der Waals surface area (Å²) in [6.45, 7) is 0. The molecule has 3 aliphatic carbocycles. The summed E-state index contributed by atoms with van der Waals surface area (Å²) in [5.74, 6) is 1.90.